The lowest BCUT2D eigenvalue weighted by atomic mass is 9.94. The SMILES string of the molecule is CCCCCCCCC(CCC)OC(=O)C1(OCC2CO2)C=CC=CC1. The summed E-state index contributed by atoms with van der Waals surface area (Å²) in [5.74, 6) is -0.247. The number of unbranched alkanes of at least 4 members (excludes halogenated alkanes) is 5. The first-order valence-electron chi connectivity index (χ1n) is 10.5. The maximum absolute atomic E-state index is 12.9. The third-order valence-corrected chi connectivity index (χ3v) is 5.07. The molecule has 1 aliphatic heterocycles. The van der Waals surface area contributed by atoms with E-state index in [-0.39, 0.29) is 18.2 Å². The second-order valence-corrected chi connectivity index (χ2v) is 7.52. The summed E-state index contributed by atoms with van der Waals surface area (Å²) in [6.45, 7) is 5.55. The van der Waals surface area contributed by atoms with E-state index in [4.69, 9.17) is 14.2 Å². The van der Waals surface area contributed by atoms with Gasteiger partial charge in [0.25, 0.3) is 0 Å². The van der Waals surface area contributed by atoms with Crippen LogP contribution in [0.15, 0.2) is 24.3 Å². The summed E-state index contributed by atoms with van der Waals surface area (Å²) in [6.07, 6.45) is 18.7. The second-order valence-electron chi connectivity index (χ2n) is 7.52. The van der Waals surface area contributed by atoms with Crippen molar-refractivity contribution in [2.75, 3.05) is 13.2 Å². The number of carbonyl (C=O) groups is 1. The van der Waals surface area contributed by atoms with E-state index in [9.17, 15) is 4.79 Å². The average Bonchev–Trinajstić information content (AvgIpc) is 3.48. The molecule has 3 atom stereocenters. The first-order chi connectivity index (χ1) is 12.7. The van der Waals surface area contributed by atoms with Crippen molar-refractivity contribution in [1.29, 1.82) is 0 Å². The third kappa shape index (κ3) is 7.24. The number of epoxide rings is 1. The number of carbonyl (C=O) groups excluding carboxylic acids is 1. The Labute approximate surface area is 159 Å². The lowest BCUT2D eigenvalue weighted by Gasteiger charge is -2.31. The van der Waals surface area contributed by atoms with Gasteiger partial charge in [-0.1, -0.05) is 70.6 Å². The summed E-state index contributed by atoms with van der Waals surface area (Å²) < 4.78 is 17.1. The molecule has 4 heteroatoms. The van der Waals surface area contributed by atoms with Crippen LogP contribution in [0.2, 0.25) is 0 Å². The Morgan fingerprint density at radius 1 is 1.12 bits per heavy atom. The summed E-state index contributed by atoms with van der Waals surface area (Å²) in [5.41, 5.74) is -0.978. The van der Waals surface area contributed by atoms with E-state index in [0.717, 1.165) is 32.3 Å². The number of ether oxygens (including phenoxy) is 3. The standard InChI is InChI=1S/C22H36O4/c1-3-5-6-7-8-10-14-19(13-4-2)26-21(23)22(15-11-9-12-16-22)25-18-20-17-24-20/h9,11-12,15,19-20H,3-8,10,13-14,16-18H2,1-2H3. The van der Waals surface area contributed by atoms with Gasteiger partial charge >= 0.3 is 5.97 Å². The third-order valence-electron chi connectivity index (χ3n) is 5.07. The lowest BCUT2D eigenvalue weighted by Crippen LogP contribution is -2.44. The molecule has 148 valence electrons. The highest BCUT2D eigenvalue weighted by Crippen LogP contribution is 2.28. The van der Waals surface area contributed by atoms with Gasteiger partial charge in [-0.2, -0.15) is 0 Å². The van der Waals surface area contributed by atoms with Crippen molar-refractivity contribution >= 4 is 5.97 Å². The molecule has 0 amide bonds. The van der Waals surface area contributed by atoms with Gasteiger partial charge in [-0.3, -0.25) is 0 Å². The first kappa shape index (κ1) is 21.2. The van der Waals surface area contributed by atoms with Crippen molar-refractivity contribution < 1.29 is 19.0 Å². The molecule has 4 nitrogen and oxygen atoms in total. The molecule has 1 fully saturated rings. The summed E-state index contributed by atoms with van der Waals surface area (Å²) in [7, 11) is 0. The van der Waals surface area contributed by atoms with Gasteiger partial charge in [0.15, 0.2) is 5.60 Å². The predicted octanol–water partition coefficient (Wildman–Crippen LogP) is 5.12. The molecule has 1 saturated heterocycles. The predicted molar refractivity (Wildman–Crippen MR) is 104 cm³/mol. The van der Waals surface area contributed by atoms with Crippen molar-refractivity contribution in [3.05, 3.63) is 24.3 Å². The van der Waals surface area contributed by atoms with Crippen molar-refractivity contribution in [1.82, 2.24) is 0 Å². The largest absolute Gasteiger partial charge is 0.460 e. The van der Waals surface area contributed by atoms with Gasteiger partial charge in [-0.15, -0.1) is 0 Å². The van der Waals surface area contributed by atoms with Crippen LogP contribution in [0.1, 0.15) is 78.1 Å². The molecule has 0 saturated carbocycles. The van der Waals surface area contributed by atoms with E-state index in [2.05, 4.69) is 13.8 Å². The molecule has 3 unspecified atom stereocenters. The monoisotopic (exact) mass is 364 g/mol. The summed E-state index contributed by atoms with van der Waals surface area (Å²) >= 11 is 0. The van der Waals surface area contributed by atoms with E-state index in [1.807, 2.05) is 24.3 Å². The highest BCUT2D eigenvalue weighted by molar-refractivity contribution is 5.83. The van der Waals surface area contributed by atoms with Crippen LogP contribution in [0, 0.1) is 0 Å². The number of hydrogen-bond donors (Lipinski definition) is 0. The van der Waals surface area contributed by atoms with Gasteiger partial charge in [0.1, 0.15) is 12.2 Å². The maximum Gasteiger partial charge on any atom is 0.343 e. The average molecular weight is 365 g/mol. The molecular weight excluding hydrogens is 328 g/mol. The molecule has 0 aromatic rings. The Morgan fingerprint density at radius 2 is 1.88 bits per heavy atom. The Balaban J connectivity index is 1.82. The van der Waals surface area contributed by atoms with Crippen molar-refractivity contribution in [2.45, 2.75) is 95.9 Å². The smallest absolute Gasteiger partial charge is 0.343 e. The quantitative estimate of drug-likeness (QED) is 0.244. The van der Waals surface area contributed by atoms with Crippen molar-refractivity contribution in [3.8, 4) is 0 Å². The fourth-order valence-corrected chi connectivity index (χ4v) is 3.31. The molecule has 0 aromatic carbocycles. The summed E-state index contributed by atoms with van der Waals surface area (Å²) in [4.78, 5) is 12.9. The molecule has 0 spiro atoms. The highest BCUT2D eigenvalue weighted by atomic mass is 16.6. The number of rotatable bonds is 14. The maximum atomic E-state index is 12.9. The molecule has 0 radical (unpaired) electrons. The molecule has 1 aliphatic carbocycles. The summed E-state index contributed by atoms with van der Waals surface area (Å²) in [6, 6.07) is 0. The molecule has 0 N–H and O–H groups in total. The Morgan fingerprint density at radius 3 is 2.54 bits per heavy atom. The van der Waals surface area contributed by atoms with Gasteiger partial charge in [0, 0.05) is 6.42 Å². The van der Waals surface area contributed by atoms with Crippen LogP contribution in [0.4, 0.5) is 0 Å². The molecular formula is C22H36O4. The van der Waals surface area contributed by atoms with Gasteiger partial charge in [-0.25, -0.2) is 4.79 Å². The van der Waals surface area contributed by atoms with E-state index in [1.165, 1.54) is 32.1 Å². The zero-order valence-electron chi connectivity index (χ0n) is 16.6. The van der Waals surface area contributed by atoms with Gasteiger partial charge in [0.05, 0.1) is 13.2 Å². The minimum Gasteiger partial charge on any atom is -0.460 e. The van der Waals surface area contributed by atoms with Gasteiger partial charge < -0.3 is 14.2 Å². The Bertz CT molecular complexity index is 467. The Kier molecular flexibility index (Phi) is 9.41. The molecule has 2 rings (SSSR count). The fraction of sp³-hybridized carbons (Fsp3) is 0.773. The molecule has 2 aliphatic rings. The topological polar surface area (TPSA) is 48.1 Å². The fourth-order valence-electron chi connectivity index (χ4n) is 3.31. The normalized spacial score (nSPS) is 25.2. The molecule has 0 aromatic heterocycles. The first-order valence-corrected chi connectivity index (χ1v) is 10.5. The van der Waals surface area contributed by atoms with E-state index >= 15 is 0 Å². The molecule has 0 bridgehead atoms. The van der Waals surface area contributed by atoms with Crippen LogP contribution in [0.5, 0.6) is 0 Å². The van der Waals surface area contributed by atoms with Crippen molar-refractivity contribution in [2.24, 2.45) is 0 Å². The van der Waals surface area contributed by atoms with Crippen LogP contribution >= 0.6 is 0 Å². The minimum absolute atomic E-state index is 0.00405. The Hall–Kier alpha value is -1.13. The number of esters is 1. The van der Waals surface area contributed by atoms with Crippen LogP contribution in [0.25, 0.3) is 0 Å². The molecule has 1 heterocycles. The zero-order valence-corrected chi connectivity index (χ0v) is 16.6. The molecule has 26 heavy (non-hydrogen) atoms. The van der Waals surface area contributed by atoms with Gasteiger partial charge in [0.2, 0.25) is 0 Å². The minimum atomic E-state index is -0.978. The second kappa shape index (κ2) is 11.6. The van der Waals surface area contributed by atoms with Gasteiger partial charge in [-0.05, 0) is 25.3 Å². The highest BCUT2D eigenvalue weighted by Gasteiger charge is 2.41. The number of allylic oxidation sites excluding steroid dienone is 2. The van der Waals surface area contributed by atoms with Crippen LogP contribution in [0.3, 0.4) is 0 Å². The van der Waals surface area contributed by atoms with Crippen LogP contribution in [-0.4, -0.2) is 37.0 Å². The zero-order chi connectivity index (χ0) is 18.7. The van der Waals surface area contributed by atoms with E-state index in [0.29, 0.717) is 13.0 Å². The van der Waals surface area contributed by atoms with E-state index in [1.54, 1.807) is 0 Å². The van der Waals surface area contributed by atoms with Crippen LogP contribution < -0.4 is 0 Å². The van der Waals surface area contributed by atoms with Crippen LogP contribution in [-0.2, 0) is 19.0 Å². The summed E-state index contributed by atoms with van der Waals surface area (Å²) in [5, 5.41) is 0. The lowest BCUT2D eigenvalue weighted by molar-refractivity contribution is -0.173. The number of hydrogen-bond acceptors (Lipinski definition) is 4. The van der Waals surface area contributed by atoms with Crippen molar-refractivity contribution in [3.63, 3.8) is 0 Å². The van der Waals surface area contributed by atoms with E-state index < -0.39 is 5.60 Å².